The number of hydrogen-bond acceptors (Lipinski definition) is 2. The van der Waals surface area contributed by atoms with Crippen LogP contribution in [0.3, 0.4) is 0 Å². The largest absolute Gasteiger partial charge is 0.356 e. The van der Waals surface area contributed by atoms with E-state index in [0.29, 0.717) is 11.8 Å². The Kier molecular flexibility index (Phi) is 6.54. The molecule has 0 fully saturated rings. The quantitative estimate of drug-likeness (QED) is 0.639. The molecule has 0 saturated carbocycles. The first-order valence-corrected chi connectivity index (χ1v) is 5.43. The van der Waals surface area contributed by atoms with Gasteiger partial charge >= 0.3 is 0 Å². The smallest absolute Gasteiger partial charge is 0.221 e. The van der Waals surface area contributed by atoms with Crippen molar-refractivity contribution in [2.24, 2.45) is 5.41 Å². The van der Waals surface area contributed by atoms with E-state index in [-0.39, 0.29) is 5.91 Å². The summed E-state index contributed by atoms with van der Waals surface area (Å²) in [6.45, 7) is 11.1. The van der Waals surface area contributed by atoms with Crippen LogP contribution in [0, 0.1) is 5.41 Å². The molecule has 0 aliphatic heterocycles. The van der Waals surface area contributed by atoms with Gasteiger partial charge in [-0.25, -0.2) is 0 Å². The third-order valence-corrected chi connectivity index (χ3v) is 1.76. The van der Waals surface area contributed by atoms with Gasteiger partial charge in [0.05, 0.1) is 0 Å². The minimum Gasteiger partial charge on any atom is -0.356 e. The normalized spacial score (nSPS) is 11.4. The van der Waals surface area contributed by atoms with Gasteiger partial charge in [-0.05, 0) is 11.8 Å². The van der Waals surface area contributed by atoms with E-state index >= 15 is 0 Å². The lowest BCUT2D eigenvalue weighted by molar-refractivity contribution is -0.121. The standard InChI is InChI=1S/C11H24N2O/c1-5-7-13-10(14)6-8-12-9-11(2,3)4/h12H,5-9H2,1-4H3,(H,13,14). The first-order chi connectivity index (χ1) is 6.45. The first kappa shape index (κ1) is 13.4. The summed E-state index contributed by atoms with van der Waals surface area (Å²) in [7, 11) is 0. The molecule has 0 aromatic rings. The fraction of sp³-hybridized carbons (Fsp3) is 0.909. The maximum atomic E-state index is 11.2. The molecule has 0 aliphatic rings. The Balaban J connectivity index is 3.32. The van der Waals surface area contributed by atoms with Crippen molar-refractivity contribution in [2.45, 2.75) is 40.5 Å². The summed E-state index contributed by atoms with van der Waals surface area (Å²) in [5.41, 5.74) is 0.292. The second-order valence-corrected chi connectivity index (χ2v) is 4.84. The zero-order chi connectivity index (χ0) is 11.0. The summed E-state index contributed by atoms with van der Waals surface area (Å²) in [6.07, 6.45) is 1.58. The van der Waals surface area contributed by atoms with Crippen molar-refractivity contribution in [2.75, 3.05) is 19.6 Å². The molecular formula is C11H24N2O. The highest BCUT2D eigenvalue weighted by molar-refractivity contribution is 5.75. The van der Waals surface area contributed by atoms with E-state index in [1.807, 2.05) is 0 Å². The van der Waals surface area contributed by atoms with Gasteiger partial charge in [0, 0.05) is 26.1 Å². The van der Waals surface area contributed by atoms with E-state index in [9.17, 15) is 4.79 Å². The average molecular weight is 200 g/mol. The summed E-state index contributed by atoms with van der Waals surface area (Å²) in [4.78, 5) is 11.2. The fourth-order valence-corrected chi connectivity index (χ4v) is 1.02. The molecule has 14 heavy (non-hydrogen) atoms. The van der Waals surface area contributed by atoms with Gasteiger partial charge in [0.25, 0.3) is 0 Å². The highest BCUT2D eigenvalue weighted by Crippen LogP contribution is 2.09. The molecule has 0 aliphatic carbocycles. The van der Waals surface area contributed by atoms with Crippen LogP contribution >= 0.6 is 0 Å². The van der Waals surface area contributed by atoms with Crippen LogP contribution in [0.25, 0.3) is 0 Å². The Morgan fingerprint density at radius 3 is 2.36 bits per heavy atom. The summed E-state index contributed by atoms with van der Waals surface area (Å²) >= 11 is 0. The van der Waals surface area contributed by atoms with E-state index in [1.54, 1.807) is 0 Å². The molecule has 0 unspecified atom stereocenters. The van der Waals surface area contributed by atoms with Crippen molar-refractivity contribution in [3.63, 3.8) is 0 Å². The Labute approximate surface area is 87.6 Å². The van der Waals surface area contributed by atoms with Gasteiger partial charge in [-0.3, -0.25) is 4.79 Å². The maximum absolute atomic E-state index is 11.2. The lowest BCUT2D eigenvalue weighted by Gasteiger charge is -2.18. The molecule has 84 valence electrons. The Morgan fingerprint density at radius 2 is 1.86 bits per heavy atom. The van der Waals surface area contributed by atoms with Gasteiger partial charge in [0.15, 0.2) is 0 Å². The van der Waals surface area contributed by atoms with Gasteiger partial charge in [-0.1, -0.05) is 27.7 Å². The van der Waals surface area contributed by atoms with E-state index in [4.69, 9.17) is 0 Å². The number of hydrogen-bond donors (Lipinski definition) is 2. The maximum Gasteiger partial charge on any atom is 0.221 e. The molecule has 0 heterocycles. The van der Waals surface area contributed by atoms with Crippen molar-refractivity contribution < 1.29 is 4.79 Å². The third kappa shape index (κ3) is 9.52. The number of carbonyl (C=O) groups is 1. The SMILES string of the molecule is CCCNC(=O)CCNCC(C)(C)C. The van der Waals surface area contributed by atoms with Crippen molar-refractivity contribution >= 4 is 5.91 Å². The molecule has 3 heteroatoms. The van der Waals surface area contributed by atoms with Crippen LogP contribution in [0.1, 0.15) is 40.5 Å². The van der Waals surface area contributed by atoms with Crippen molar-refractivity contribution in [3.05, 3.63) is 0 Å². The molecule has 0 bridgehead atoms. The highest BCUT2D eigenvalue weighted by atomic mass is 16.1. The number of carbonyl (C=O) groups excluding carboxylic acids is 1. The van der Waals surface area contributed by atoms with Gasteiger partial charge in [-0.15, -0.1) is 0 Å². The topological polar surface area (TPSA) is 41.1 Å². The van der Waals surface area contributed by atoms with E-state index < -0.39 is 0 Å². The predicted molar refractivity (Wildman–Crippen MR) is 60.2 cm³/mol. The molecule has 3 nitrogen and oxygen atoms in total. The molecule has 1 amide bonds. The van der Waals surface area contributed by atoms with Crippen LogP contribution in [0.4, 0.5) is 0 Å². The van der Waals surface area contributed by atoms with E-state index in [2.05, 4.69) is 38.3 Å². The van der Waals surface area contributed by atoms with Gasteiger partial charge < -0.3 is 10.6 Å². The monoisotopic (exact) mass is 200 g/mol. The van der Waals surface area contributed by atoms with Crippen molar-refractivity contribution in [3.8, 4) is 0 Å². The Morgan fingerprint density at radius 1 is 1.21 bits per heavy atom. The Hall–Kier alpha value is -0.570. The van der Waals surface area contributed by atoms with Gasteiger partial charge in [0.1, 0.15) is 0 Å². The minimum atomic E-state index is 0.147. The number of amides is 1. The molecule has 0 rings (SSSR count). The van der Waals surface area contributed by atoms with Crippen molar-refractivity contribution in [1.82, 2.24) is 10.6 Å². The molecule has 0 saturated heterocycles. The zero-order valence-corrected chi connectivity index (χ0v) is 9.94. The van der Waals surface area contributed by atoms with E-state index in [0.717, 1.165) is 26.1 Å². The molecule has 0 aromatic carbocycles. The lowest BCUT2D eigenvalue weighted by atomic mass is 9.97. The van der Waals surface area contributed by atoms with Crippen LogP contribution in [0.5, 0.6) is 0 Å². The second kappa shape index (κ2) is 6.82. The summed E-state index contributed by atoms with van der Waals surface area (Å²) in [5.74, 6) is 0.147. The van der Waals surface area contributed by atoms with Crippen LogP contribution in [0.15, 0.2) is 0 Å². The molecule has 0 aromatic heterocycles. The molecule has 0 radical (unpaired) electrons. The van der Waals surface area contributed by atoms with Crippen LogP contribution < -0.4 is 10.6 Å². The lowest BCUT2D eigenvalue weighted by Crippen LogP contribution is -2.32. The van der Waals surface area contributed by atoms with Crippen LogP contribution in [0.2, 0.25) is 0 Å². The van der Waals surface area contributed by atoms with Crippen LogP contribution in [-0.2, 0) is 4.79 Å². The van der Waals surface area contributed by atoms with Crippen LogP contribution in [-0.4, -0.2) is 25.5 Å². The minimum absolute atomic E-state index is 0.147. The average Bonchev–Trinajstić information content (AvgIpc) is 2.07. The second-order valence-electron chi connectivity index (χ2n) is 4.84. The zero-order valence-electron chi connectivity index (χ0n) is 9.94. The highest BCUT2D eigenvalue weighted by Gasteiger charge is 2.08. The molecule has 0 spiro atoms. The predicted octanol–water partition coefficient (Wildman–Crippen LogP) is 1.54. The summed E-state index contributed by atoms with van der Waals surface area (Å²) < 4.78 is 0. The van der Waals surface area contributed by atoms with Crippen molar-refractivity contribution in [1.29, 1.82) is 0 Å². The van der Waals surface area contributed by atoms with E-state index in [1.165, 1.54) is 0 Å². The first-order valence-electron chi connectivity index (χ1n) is 5.43. The summed E-state index contributed by atoms with van der Waals surface area (Å²) in [6, 6.07) is 0. The molecule has 0 atom stereocenters. The number of nitrogens with one attached hydrogen (secondary N) is 2. The van der Waals surface area contributed by atoms with Gasteiger partial charge in [0.2, 0.25) is 5.91 Å². The van der Waals surface area contributed by atoms with Gasteiger partial charge in [-0.2, -0.15) is 0 Å². The molecule has 2 N–H and O–H groups in total. The molecular weight excluding hydrogens is 176 g/mol. The number of rotatable bonds is 6. The summed E-state index contributed by atoms with van der Waals surface area (Å²) in [5, 5.41) is 6.12. The fourth-order valence-electron chi connectivity index (χ4n) is 1.02. The third-order valence-electron chi connectivity index (χ3n) is 1.76. The Bertz CT molecular complexity index is 161.